The van der Waals surface area contributed by atoms with Gasteiger partial charge in [0, 0.05) is 19.1 Å². The Morgan fingerprint density at radius 3 is 2.81 bits per heavy atom. The smallest absolute Gasteiger partial charge is 0.199 e. The van der Waals surface area contributed by atoms with Gasteiger partial charge in [-0.25, -0.2) is 4.68 Å². The van der Waals surface area contributed by atoms with Crippen molar-refractivity contribution in [1.29, 1.82) is 0 Å². The second kappa shape index (κ2) is 7.51. The highest BCUT2D eigenvalue weighted by Gasteiger charge is 2.26. The van der Waals surface area contributed by atoms with E-state index in [0.717, 1.165) is 31.0 Å². The average molecular weight is 312 g/mol. The van der Waals surface area contributed by atoms with Crippen LogP contribution in [0.4, 0.5) is 0 Å². The maximum absolute atomic E-state index is 9.46. The number of aliphatic hydroxyl groups is 1. The lowest BCUT2D eigenvalue weighted by molar-refractivity contribution is 0.169. The summed E-state index contributed by atoms with van der Waals surface area (Å²) in [6, 6.07) is 0.640. The molecule has 0 aromatic carbocycles. The summed E-state index contributed by atoms with van der Waals surface area (Å²) >= 11 is 5.53. The van der Waals surface area contributed by atoms with Crippen LogP contribution < -0.4 is 0 Å². The number of nitrogens with zero attached hydrogens (tertiary/aromatic N) is 4. The highest BCUT2D eigenvalue weighted by Crippen LogP contribution is 2.24. The van der Waals surface area contributed by atoms with Crippen LogP contribution in [0.15, 0.2) is 0 Å². The first-order chi connectivity index (χ1) is 10.1. The molecule has 1 unspecified atom stereocenters. The van der Waals surface area contributed by atoms with Crippen LogP contribution in [0.3, 0.4) is 0 Å². The van der Waals surface area contributed by atoms with Crippen molar-refractivity contribution in [1.82, 2.24) is 19.2 Å². The average Bonchev–Trinajstić information content (AvgIpc) is 2.98. The predicted octanol–water partition coefficient (Wildman–Crippen LogP) is 2.78. The van der Waals surface area contributed by atoms with Crippen molar-refractivity contribution in [2.45, 2.75) is 72.3 Å². The minimum atomic E-state index is -0.0495. The van der Waals surface area contributed by atoms with E-state index in [1.54, 1.807) is 0 Å². The van der Waals surface area contributed by atoms with Gasteiger partial charge in [-0.2, -0.15) is 5.10 Å². The number of hydrogen-bond donors (Lipinski definition) is 1. The number of rotatable bonds is 7. The molecular weight excluding hydrogens is 284 g/mol. The fourth-order valence-corrected chi connectivity index (χ4v) is 3.50. The van der Waals surface area contributed by atoms with Crippen molar-refractivity contribution in [3.63, 3.8) is 0 Å². The molecule has 0 bridgehead atoms. The summed E-state index contributed by atoms with van der Waals surface area (Å²) in [6.07, 6.45) is 4.75. The van der Waals surface area contributed by atoms with Crippen molar-refractivity contribution in [2.75, 3.05) is 6.54 Å². The van der Waals surface area contributed by atoms with E-state index in [2.05, 4.69) is 30.8 Å². The maximum atomic E-state index is 9.46. The van der Waals surface area contributed by atoms with Crippen molar-refractivity contribution in [2.24, 2.45) is 5.92 Å². The van der Waals surface area contributed by atoms with Crippen molar-refractivity contribution in [3.8, 4) is 0 Å². The summed E-state index contributed by atoms with van der Waals surface area (Å²) in [5.74, 6) is 1.40. The van der Waals surface area contributed by atoms with E-state index in [1.165, 1.54) is 19.3 Å². The second-order valence-corrected chi connectivity index (χ2v) is 6.75. The Kier molecular flexibility index (Phi) is 5.96. The van der Waals surface area contributed by atoms with Gasteiger partial charge in [-0.15, -0.1) is 0 Å². The maximum Gasteiger partial charge on any atom is 0.199 e. The quantitative estimate of drug-likeness (QED) is 0.787. The first kappa shape index (κ1) is 16.6. The van der Waals surface area contributed by atoms with E-state index in [-0.39, 0.29) is 6.61 Å². The molecule has 6 heteroatoms. The molecule has 1 fully saturated rings. The van der Waals surface area contributed by atoms with Gasteiger partial charge < -0.3 is 9.67 Å². The van der Waals surface area contributed by atoms with Gasteiger partial charge in [0.05, 0.1) is 6.67 Å². The Labute approximate surface area is 132 Å². The van der Waals surface area contributed by atoms with Crippen molar-refractivity contribution in [3.05, 3.63) is 10.6 Å². The van der Waals surface area contributed by atoms with Gasteiger partial charge in [-0.05, 0) is 43.8 Å². The summed E-state index contributed by atoms with van der Waals surface area (Å²) in [5.41, 5.74) is 0. The van der Waals surface area contributed by atoms with E-state index in [9.17, 15) is 5.11 Å². The normalized spacial score (nSPS) is 19.8. The molecular formula is C15H28N4OS. The van der Waals surface area contributed by atoms with Crippen LogP contribution in [0.2, 0.25) is 0 Å². The van der Waals surface area contributed by atoms with Crippen LogP contribution in [0.5, 0.6) is 0 Å². The lowest BCUT2D eigenvalue weighted by Gasteiger charge is -2.25. The van der Waals surface area contributed by atoms with Gasteiger partial charge in [0.25, 0.3) is 0 Å². The molecule has 1 aromatic heterocycles. The Morgan fingerprint density at radius 1 is 1.43 bits per heavy atom. The van der Waals surface area contributed by atoms with Crippen LogP contribution in [0, 0.1) is 10.7 Å². The molecule has 1 N–H and O–H groups in total. The standard InChI is InChI=1S/C15H28N4OS/c1-4-7-18-14(10-20)16-19(15(18)21)11-17-8-5-6-13(17)9-12(2)3/h12-13,20H,4-11H2,1-3H3. The number of likely N-dealkylation sites (tertiary alicyclic amines) is 1. The van der Waals surface area contributed by atoms with Crippen LogP contribution in [-0.2, 0) is 19.8 Å². The molecule has 1 aliphatic rings. The fraction of sp³-hybridized carbons (Fsp3) is 0.867. The van der Waals surface area contributed by atoms with Crippen LogP contribution in [-0.4, -0.2) is 36.9 Å². The van der Waals surface area contributed by atoms with Crippen LogP contribution in [0.1, 0.15) is 52.3 Å². The largest absolute Gasteiger partial charge is 0.388 e. The third-order valence-corrected chi connectivity index (χ3v) is 4.58. The van der Waals surface area contributed by atoms with Gasteiger partial charge in [-0.1, -0.05) is 20.8 Å². The van der Waals surface area contributed by atoms with Crippen molar-refractivity contribution < 1.29 is 5.11 Å². The predicted molar refractivity (Wildman–Crippen MR) is 86.4 cm³/mol. The first-order valence-corrected chi connectivity index (χ1v) is 8.49. The zero-order chi connectivity index (χ0) is 15.4. The molecule has 1 aromatic rings. The monoisotopic (exact) mass is 312 g/mol. The second-order valence-electron chi connectivity index (χ2n) is 6.39. The lowest BCUT2D eigenvalue weighted by Crippen LogP contribution is -2.33. The van der Waals surface area contributed by atoms with Crippen molar-refractivity contribution >= 4 is 12.2 Å². The van der Waals surface area contributed by atoms with Crippen LogP contribution in [0.25, 0.3) is 0 Å². The first-order valence-electron chi connectivity index (χ1n) is 8.08. The van der Waals surface area contributed by atoms with Gasteiger partial charge >= 0.3 is 0 Å². The van der Waals surface area contributed by atoms with Gasteiger partial charge in [0.1, 0.15) is 6.61 Å². The summed E-state index contributed by atoms with van der Waals surface area (Å²) in [7, 11) is 0. The molecule has 1 aliphatic heterocycles. The molecule has 0 saturated carbocycles. The SMILES string of the molecule is CCCn1c(CO)nn(CN2CCCC2CC(C)C)c1=S. The van der Waals surface area contributed by atoms with E-state index in [4.69, 9.17) is 12.2 Å². The molecule has 0 amide bonds. The van der Waals surface area contributed by atoms with E-state index < -0.39 is 0 Å². The molecule has 0 radical (unpaired) electrons. The molecule has 2 heterocycles. The molecule has 1 saturated heterocycles. The number of aromatic nitrogens is 3. The summed E-state index contributed by atoms with van der Waals surface area (Å²) in [5, 5.41) is 14.0. The van der Waals surface area contributed by atoms with Gasteiger partial charge in [0.15, 0.2) is 10.6 Å². The van der Waals surface area contributed by atoms with E-state index in [1.807, 2.05) is 9.25 Å². The third-order valence-electron chi connectivity index (χ3n) is 4.15. The Morgan fingerprint density at radius 2 is 2.19 bits per heavy atom. The Hall–Kier alpha value is -0.720. The highest BCUT2D eigenvalue weighted by atomic mass is 32.1. The molecule has 21 heavy (non-hydrogen) atoms. The summed E-state index contributed by atoms with van der Waals surface area (Å²) < 4.78 is 4.58. The van der Waals surface area contributed by atoms with E-state index in [0.29, 0.717) is 17.8 Å². The topological polar surface area (TPSA) is 46.2 Å². The minimum Gasteiger partial charge on any atom is -0.388 e. The number of aliphatic hydroxyl groups excluding tert-OH is 1. The Balaban J connectivity index is 2.13. The van der Waals surface area contributed by atoms with E-state index >= 15 is 0 Å². The fourth-order valence-electron chi connectivity index (χ4n) is 3.21. The zero-order valence-corrected chi connectivity index (χ0v) is 14.3. The Bertz CT molecular complexity index is 508. The van der Waals surface area contributed by atoms with Gasteiger partial charge in [0.2, 0.25) is 0 Å². The molecule has 0 spiro atoms. The molecule has 5 nitrogen and oxygen atoms in total. The van der Waals surface area contributed by atoms with Crippen LogP contribution >= 0.6 is 12.2 Å². The highest BCUT2D eigenvalue weighted by molar-refractivity contribution is 7.71. The number of hydrogen-bond acceptors (Lipinski definition) is 4. The summed E-state index contributed by atoms with van der Waals surface area (Å²) in [6.45, 7) is 9.31. The molecule has 2 rings (SSSR count). The molecule has 120 valence electrons. The third kappa shape index (κ3) is 3.93. The lowest BCUT2D eigenvalue weighted by atomic mass is 10.0. The minimum absolute atomic E-state index is 0.0495. The molecule has 1 atom stereocenters. The molecule has 0 aliphatic carbocycles. The summed E-state index contributed by atoms with van der Waals surface area (Å²) in [4.78, 5) is 2.49. The van der Waals surface area contributed by atoms with Gasteiger partial charge in [-0.3, -0.25) is 4.90 Å². The zero-order valence-electron chi connectivity index (χ0n) is 13.5.